The lowest BCUT2D eigenvalue weighted by atomic mass is 10.3. The SMILES string of the molecule is c1cc2nc(c1)COCCCCOCc1cccc(n1)COCCCCOC2. The Kier molecular flexibility index (Phi) is 9.37. The van der Waals surface area contributed by atoms with Crippen molar-refractivity contribution in [3.63, 3.8) is 0 Å². The molecule has 0 amide bonds. The lowest BCUT2D eigenvalue weighted by Crippen LogP contribution is -2.05. The Hall–Kier alpha value is -1.86. The summed E-state index contributed by atoms with van der Waals surface area (Å²) in [6.07, 6.45) is 3.85. The van der Waals surface area contributed by atoms with Crippen LogP contribution in [0.2, 0.25) is 0 Å². The van der Waals surface area contributed by atoms with Gasteiger partial charge >= 0.3 is 0 Å². The van der Waals surface area contributed by atoms with Gasteiger partial charge in [0.05, 0.1) is 49.2 Å². The number of hydrogen-bond donors (Lipinski definition) is 0. The van der Waals surface area contributed by atoms with E-state index < -0.39 is 0 Å². The van der Waals surface area contributed by atoms with E-state index in [1.54, 1.807) is 0 Å². The average molecular weight is 386 g/mol. The van der Waals surface area contributed by atoms with Crippen molar-refractivity contribution in [1.82, 2.24) is 9.97 Å². The predicted octanol–water partition coefficient (Wildman–Crippen LogP) is 3.82. The highest BCUT2D eigenvalue weighted by Crippen LogP contribution is 2.07. The van der Waals surface area contributed by atoms with E-state index in [1.807, 2.05) is 36.4 Å². The second kappa shape index (κ2) is 12.6. The molecule has 1 aliphatic rings. The van der Waals surface area contributed by atoms with Crippen molar-refractivity contribution in [3.05, 3.63) is 59.2 Å². The Morgan fingerprint density at radius 3 is 1.04 bits per heavy atom. The highest BCUT2D eigenvalue weighted by Gasteiger charge is 2.02. The van der Waals surface area contributed by atoms with Gasteiger partial charge in [0.25, 0.3) is 0 Å². The maximum atomic E-state index is 5.74. The summed E-state index contributed by atoms with van der Waals surface area (Å²) in [5, 5.41) is 0. The minimum Gasteiger partial charge on any atom is -0.375 e. The number of rotatable bonds is 0. The predicted molar refractivity (Wildman–Crippen MR) is 106 cm³/mol. The van der Waals surface area contributed by atoms with Crippen molar-refractivity contribution in [1.29, 1.82) is 0 Å². The Morgan fingerprint density at radius 2 is 0.750 bits per heavy atom. The zero-order chi connectivity index (χ0) is 19.3. The fraction of sp³-hybridized carbons (Fsp3) is 0.545. The van der Waals surface area contributed by atoms with Gasteiger partial charge in [-0.1, -0.05) is 12.1 Å². The number of fused-ring (bicyclic) bond motifs is 4. The molecular formula is C22H30N2O4. The smallest absolute Gasteiger partial charge is 0.0887 e. The van der Waals surface area contributed by atoms with Crippen molar-refractivity contribution < 1.29 is 18.9 Å². The molecule has 4 bridgehead atoms. The summed E-state index contributed by atoms with van der Waals surface area (Å²) >= 11 is 0. The third-order valence-corrected chi connectivity index (χ3v) is 4.38. The van der Waals surface area contributed by atoms with Gasteiger partial charge in [0.15, 0.2) is 0 Å². The second-order valence-electron chi connectivity index (χ2n) is 6.87. The van der Waals surface area contributed by atoms with E-state index in [0.29, 0.717) is 52.9 Å². The molecule has 152 valence electrons. The van der Waals surface area contributed by atoms with E-state index >= 15 is 0 Å². The van der Waals surface area contributed by atoms with Gasteiger partial charge in [0.1, 0.15) is 0 Å². The minimum absolute atomic E-state index is 0.531. The van der Waals surface area contributed by atoms with Crippen LogP contribution in [0.5, 0.6) is 0 Å². The Morgan fingerprint density at radius 1 is 0.464 bits per heavy atom. The molecule has 2 aromatic rings. The van der Waals surface area contributed by atoms with E-state index in [0.717, 1.165) is 48.5 Å². The van der Waals surface area contributed by atoms with Gasteiger partial charge in [0.2, 0.25) is 0 Å². The molecule has 0 saturated carbocycles. The molecule has 0 radical (unpaired) electrons. The van der Waals surface area contributed by atoms with E-state index in [-0.39, 0.29) is 0 Å². The summed E-state index contributed by atoms with van der Waals surface area (Å²) in [5.41, 5.74) is 3.77. The summed E-state index contributed by atoms with van der Waals surface area (Å²) in [6, 6.07) is 12.0. The summed E-state index contributed by atoms with van der Waals surface area (Å²) in [7, 11) is 0. The lowest BCUT2D eigenvalue weighted by Gasteiger charge is -2.09. The molecule has 3 rings (SSSR count). The maximum absolute atomic E-state index is 5.74. The molecule has 0 unspecified atom stereocenters. The van der Waals surface area contributed by atoms with Crippen LogP contribution in [0.4, 0.5) is 0 Å². The van der Waals surface area contributed by atoms with Crippen molar-refractivity contribution in [2.24, 2.45) is 0 Å². The van der Waals surface area contributed by atoms with Crippen LogP contribution in [0.3, 0.4) is 0 Å². The Bertz CT molecular complexity index is 586. The molecular weight excluding hydrogens is 356 g/mol. The normalized spacial score (nSPS) is 18.6. The van der Waals surface area contributed by atoms with Crippen molar-refractivity contribution in [3.8, 4) is 0 Å². The van der Waals surface area contributed by atoms with Gasteiger partial charge in [-0.25, -0.2) is 0 Å². The molecule has 0 saturated heterocycles. The zero-order valence-electron chi connectivity index (χ0n) is 16.5. The topological polar surface area (TPSA) is 62.7 Å². The Balaban J connectivity index is 1.48. The molecule has 0 aromatic carbocycles. The first-order chi connectivity index (χ1) is 13.9. The average Bonchev–Trinajstić information content (AvgIpc) is 2.72. The molecule has 6 nitrogen and oxygen atoms in total. The lowest BCUT2D eigenvalue weighted by molar-refractivity contribution is 0.0819. The van der Waals surface area contributed by atoms with Gasteiger partial charge in [-0.2, -0.15) is 0 Å². The molecule has 3 heterocycles. The first kappa shape index (κ1) is 20.9. The number of ether oxygens (including phenoxy) is 4. The number of aromatic nitrogens is 2. The first-order valence-electron chi connectivity index (χ1n) is 10.1. The van der Waals surface area contributed by atoms with Crippen molar-refractivity contribution >= 4 is 0 Å². The number of hydrogen-bond acceptors (Lipinski definition) is 6. The molecule has 0 spiro atoms. The molecule has 0 aliphatic carbocycles. The highest BCUT2D eigenvalue weighted by atomic mass is 16.5. The molecule has 0 atom stereocenters. The standard InChI is InChI=1S/C22H30N2O4/c1-2-12-26-16-20-8-6-10-22(24-20)18-28-14-4-3-13-27-17-21-9-5-7-19(23-21)15-25-11-1/h5-10H,1-4,11-18H2. The molecule has 1 aliphatic heterocycles. The summed E-state index contributed by atoms with van der Waals surface area (Å²) in [5.74, 6) is 0. The molecule has 28 heavy (non-hydrogen) atoms. The highest BCUT2D eigenvalue weighted by molar-refractivity contribution is 5.10. The van der Waals surface area contributed by atoms with Crippen molar-refractivity contribution in [2.75, 3.05) is 26.4 Å². The third-order valence-electron chi connectivity index (χ3n) is 4.38. The first-order valence-corrected chi connectivity index (χ1v) is 10.1. The van der Waals surface area contributed by atoms with Gasteiger partial charge in [-0.15, -0.1) is 0 Å². The quantitative estimate of drug-likeness (QED) is 0.686. The minimum atomic E-state index is 0.531. The van der Waals surface area contributed by atoms with Crippen molar-refractivity contribution in [2.45, 2.75) is 52.1 Å². The van der Waals surface area contributed by atoms with Gasteiger partial charge in [-0.3, -0.25) is 9.97 Å². The number of pyridine rings is 2. The van der Waals surface area contributed by atoms with Crippen LogP contribution < -0.4 is 0 Å². The summed E-state index contributed by atoms with van der Waals surface area (Å²) < 4.78 is 22.9. The monoisotopic (exact) mass is 386 g/mol. The fourth-order valence-electron chi connectivity index (χ4n) is 2.90. The summed E-state index contributed by atoms with van der Waals surface area (Å²) in [4.78, 5) is 9.19. The molecule has 0 N–H and O–H groups in total. The van der Waals surface area contributed by atoms with E-state index in [4.69, 9.17) is 18.9 Å². The summed E-state index contributed by atoms with van der Waals surface area (Å²) in [6.45, 7) is 4.94. The maximum Gasteiger partial charge on any atom is 0.0887 e. The van der Waals surface area contributed by atoms with Crippen LogP contribution in [0.1, 0.15) is 48.5 Å². The molecule has 0 fully saturated rings. The van der Waals surface area contributed by atoms with Gasteiger partial charge < -0.3 is 18.9 Å². The Labute approximate surface area is 167 Å². The molecule has 6 heteroatoms. The van der Waals surface area contributed by atoms with Crippen LogP contribution >= 0.6 is 0 Å². The van der Waals surface area contributed by atoms with Crippen LogP contribution in [0.25, 0.3) is 0 Å². The van der Waals surface area contributed by atoms with E-state index in [2.05, 4.69) is 9.97 Å². The number of nitrogens with zero attached hydrogens (tertiary/aromatic N) is 2. The van der Waals surface area contributed by atoms with Crippen LogP contribution in [0, 0.1) is 0 Å². The van der Waals surface area contributed by atoms with Crippen LogP contribution in [-0.4, -0.2) is 36.4 Å². The van der Waals surface area contributed by atoms with Crippen LogP contribution in [0.15, 0.2) is 36.4 Å². The second-order valence-corrected chi connectivity index (χ2v) is 6.87. The fourth-order valence-corrected chi connectivity index (χ4v) is 2.90. The van der Waals surface area contributed by atoms with Gasteiger partial charge in [-0.05, 0) is 49.9 Å². The van der Waals surface area contributed by atoms with Crippen LogP contribution in [-0.2, 0) is 45.4 Å². The van der Waals surface area contributed by atoms with E-state index in [1.165, 1.54) is 0 Å². The van der Waals surface area contributed by atoms with Gasteiger partial charge in [0, 0.05) is 26.4 Å². The molecule has 2 aromatic heterocycles. The van der Waals surface area contributed by atoms with E-state index in [9.17, 15) is 0 Å². The third kappa shape index (κ3) is 8.02. The zero-order valence-corrected chi connectivity index (χ0v) is 16.5. The largest absolute Gasteiger partial charge is 0.375 e.